The summed E-state index contributed by atoms with van der Waals surface area (Å²) >= 11 is 6.12. The molecule has 0 bridgehead atoms. The second-order valence-corrected chi connectivity index (χ2v) is 6.73. The Balaban J connectivity index is 1.40. The highest BCUT2D eigenvalue weighted by atomic mass is 35.5. The molecule has 0 spiro atoms. The van der Waals surface area contributed by atoms with Gasteiger partial charge in [-0.2, -0.15) is 13.2 Å². The minimum Gasteiger partial charge on any atom is -0.492 e. The Morgan fingerprint density at radius 3 is 2.73 bits per heavy atom. The quantitative estimate of drug-likeness (QED) is 0.494. The Hall–Kier alpha value is -3.00. The van der Waals surface area contributed by atoms with Crippen molar-refractivity contribution in [3.63, 3.8) is 0 Å². The Labute approximate surface area is 175 Å². The molecule has 0 aliphatic rings. The average Bonchev–Trinajstić information content (AvgIpc) is 3.18. The number of oxazole rings is 1. The predicted octanol–water partition coefficient (Wildman–Crippen LogP) is 5.14. The first-order valence-corrected chi connectivity index (χ1v) is 9.47. The molecule has 2 aromatic carbocycles. The van der Waals surface area contributed by atoms with E-state index < -0.39 is 11.7 Å². The molecule has 1 N–H and O–H groups in total. The number of nitrogens with one attached hydrogen (secondary N) is 1. The van der Waals surface area contributed by atoms with Gasteiger partial charge in [-0.3, -0.25) is 4.79 Å². The number of aryl methyl sites for hydroxylation is 1. The van der Waals surface area contributed by atoms with Crippen molar-refractivity contribution >= 4 is 17.5 Å². The van der Waals surface area contributed by atoms with Gasteiger partial charge >= 0.3 is 6.18 Å². The highest BCUT2D eigenvalue weighted by molar-refractivity contribution is 6.33. The van der Waals surface area contributed by atoms with Gasteiger partial charge in [-0.25, -0.2) is 4.98 Å². The first-order chi connectivity index (χ1) is 14.3. The summed E-state index contributed by atoms with van der Waals surface area (Å²) in [5.41, 5.74) is -0.0692. The van der Waals surface area contributed by atoms with Gasteiger partial charge in [0.15, 0.2) is 11.7 Å². The van der Waals surface area contributed by atoms with Gasteiger partial charge in [0.1, 0.15) is 12.4 Å². The molecular formula is C21H18ClF3N2O3. The number of aromatic nitrogens is 1. The second-order valence-electron chi connectivity index (χ2n) is 6.32. The number of amides is 1. The zero-order chi connectivity index (χ0) is 21.6. The van der Waals surface area contributed by atoms with Crippen LogP contribution in [0.5, 0.6) is 5.75 Å². The van der Waals surface area contributed by atoms with Crippen LogP contribution in [0.15, 0.2) is 59.1 Å². The van der Waals surface area contributed by atoms with E-state index in [-0.39, 0.29) is 31.2 Å². The summed E-state index contributed by atoms with van der Waals surface area (Å²) in [6, 6.07) is 11.8. The van der Waals surface area contributed by atoms with Gasteiger partial charge < -0.3 is 14.5 Å². The highest BCUT2D eigenvalue weighted by Crippen LogP contribution is 2.31. The van der Waals surface area contributed by atoms with Crippen molar-refractivity contribution in [3.05, 3.63) is 71.2 Å². The number of carbonyl (C=O) groups excluding carboxylic acids is 1. The second kappa shape index (κ2) is 9.67. The minimum atomic E-state index is -4.43. The smallest absolute Gasteiger partial charge is 0.416 e. The van der Waals surface area contributed by atoms with Gasteiger partial charge in [0.2, 0.25) is 5.91 Å². The van der Waals surface area contributed by atoms with Crippen molar-refractivity contribution in [1.29, 1.82) is 0 Å². The van der Waals surface area contributed by atoms with E-state index in [2.05, 4.69) is 10.3 Å². The lowest BCUT2D eigenvalue weighted by molar-refractivity contribution is -0.137. The molecular weight excluding hydrogens is 421 g/mol. The fraction of sp³-hybridized carbons (Fsp3) is 0.238. The van der Waals surface area contributed by atoms with E-state index in [4.69, 9.17) is 20.8 Å². The van der Waals surface area contributed by atoms with Gasteiger partial charge in [-0.05, 0) is 30.3 Å². The van der Waals surface area contributed by atoms with Crippen molar-refractivity contribution in [2.45, 2.75) is 19.0 Å². The molecule has 3 rings (SSSR count). The number of hydrogen-bond donors (Lipinski definition) is 1. The lowest BCUT2D eigenvalue weighted by Crippen LogP contribution is -2.28. The Morgan fingerprint density at radius 2 is 1.97 bits per heavy atom. The molecule has 0 unspecified atom stereocenters. The minimum absolute atomic E-state index is 0.0444. The molecule has 158 valence electrons. The number of benzene rings is 2. The Kier molecular flexibility index (Phi) is 6.99. The zero-order valence-corrected chi connectivity index (χ0v) is 16.5. The summed E-state index contributed by atoms with van der Waals surface area (Å²) in [7, 11) is 0. The van der Waals surface area contributed by atoms with Crippen LogP contribution in [0, 0.1) is 0 Å². The van der Waals surface area contributed by atoms with E-state index in [0.717, 1.165) is 12.1 Å². The third-order valence-electron chi connectivity index (χ3n) is 4.11. The van der Waals surface area contributed by atoms with Crippen molar-refractivity contribution < 1.29 is 27.1 Å². The van der Waals surface area contributed by atoms with Gasteiger partial charge in [-0.15, -0.1) is 0 Å². The summed E-state index contributed by atoms with van der Waals surface area (Å²) < 4.78 is 48.9. The molecule has 0 fully saturated rings. The Morgan fingerprint density at radius 1 is 1.17 bits per heavy atom. The van der Waals surface area contributed by atoms with Crippen molar-refractivity contribution in [2.75, 3.05) is 13.2 Å². The van der Waals surface area contributed by atoms with Gasteiger partial charge in [0, 0.05) is 18.4 Å². The number of carbonyl (C=O) groups is 1. The molecule has 0 aliphatic carbocycles. The number of ether oxygens (including phenoxy) is 1. The molecule has 0 saturated carbocycles. The number of nitrogens with zero attached hydrogens (tertiary/aromatic N) is 1. The summed E-state index contributed by atoms with van der Waals surface area (Å²) in [6.07, 6.45) is -2.44. The highest BCUT2D eigenvalue weighted by Gasteiger charge is 2.30. The monoisotopic (exact) mass is 438 g/mol. The van der Waals surface area contributed by atoms with Crippen molar-refractivity contribution in [1.82, 2.24) is 10.3 Å². The lowest BCUT2D eigenvalue weighted by atomic mass is 10.2. The predicted molar refractivity (Wildman–Crippen MR) is 105 cm³/mol. The van der Waals surface area contributed by atoms with Gasteiger partial charge in [0.05, 0.1) is 23.3 Å². The largest absolute Gasteiger partial charge is 0.492 e. The van der Waals surface area contributed by atoms with Crippen LogP contribution in [0.3, 0.4) is 0 Å². The molecule has 0 aliphatic heterocycles. The fourth-order valence-corrected chi connectivity index (χ4v) is 2.87. The number of halogens is 4. The molecule has 0 atom stereocenters. The van der Waals surface area contributed by atoms with E-state index >= 15 is 0 Å². The van der Waals surface area contributed by atoms with E-state index in [1.807, 2.05) is 18.2 Å². The third kappa shape index (κ3) is 6.00. The maximum atomic E-state index is 12.7. The van der Waals surface area contributed by atoms with Crippen LogP contribution in [0.2, 0.25) is 5.02 Å². The normalized spacial score (nSPS) is 11.3. The zero-order valence-electron chi connectivity index (χ0n) is 15.7. The summed E-state index contributed by atoms with van der Waals surface area (Å²) in [5.74, 6) is 0.761. The molecule has 1 heterocycles. The van der Waals surface area contributed by atoms with Crippen LogP contribution in [0.1, 0.15) is 17.9 Å². The van der Waals surface area contributed by atoms with E-state index in [0.29, 0.717) is 28.7 Å². The van der Waals surface area contributed by atoms with E-state index in [1.165, 1.54) is 12.1 Å². The van der Waals surface area contributed by atoms with Gasteiger partial charge in [-0.1, -0.05) is 29.8 Å². The summed E-state index contributed by atoms with van der Waals surface area (Å²) in [4.78, 5) is 16.1. The molecule has 1 amide bonds. The maximum Gasteiger partial charge on any atom is 0.416 e. The summed E-state index contributed by atoms with van der Waals surface area (Å²) in [5, 5.41) is 3.18. The molecule has 0 saturated heterocycles. The van der Waals surface area contributed by atoms with E-state index in [9.17, 15) is 18.0 Å². The van der Waals surface area contributed by atoms with Crippen LogP contribution >= 0.6 is 11.6 Å². The number of rotatable bonds is 8. The molecule has 9 heteroatoms. The van der Waals surface area contributed by atoms with Crippen LogP contribution < -0.4 is 10.1 Å². The average molecular weight is 439 g/mol. The van der Waals surface area contributed by atoms with Crippen molar-refractivity contribution in [3.8, 4) is 17.1 Å². The topological polar surface area (TPSA) is 64.4 Å². The third-order valence-corrected chi connectivity index (χ3v) is 4.44. The van der Waals surface area contributed by atoms with Crippen molar-refractivity contribution in [2.24, 2.45) is 0 Å². The fourth-order valence-electron chi connectivity index (χ4n) is 2.64. The summed E-state index contributed by atoms with van der Waals surface area (Å²) in [6.45, 7) is 0.203. The number of alkyl halides is 3. The van der Waals surface area contributed by atoms with Crippen LogP contribution in [-0.4, -0.2) is 24.0 Å². The first kappa shape index (κ1) is 21.7. The van der Waals surface area contributed by atoms with Crippen LogP contribution in [0.4, 0.5) is 13.2 Å². The Bertz CT molecular complexity index is 1000. The van der Waals surface area contributed by atoms with Crippen LogP contribution in [-0.2, 0) is 17.4 Å². The number of hydrogen-bond acceptors (Lipinski definition) is 4. The molecule has 30 heavy (non-hydrogen) atoms. The van der Waals surface area contributed by atoms with E-state index in [1.54, 1.807) is 12.3 Å². The molecule has 3 aromatic rings. The van der Waals surface area contributed by atoms with Gasteiger partial charge in [0.25, 0.3) is 0 Å². The maximum absolute atomic E-state index is 12.7. The molecule has 0 radical (unpaired) electrons. The first-order valence-electron chi connectivity index (χ1n) is 9.09. The molecule has 1 aromatic heterocycles. The molecule has 5 nitrogen and oxygen atoms in total. The standard InChI is InChI=1S/C21H18ClF3N2O3/c22-17-7-2-1-6-16(17)18-13-27-20(30-18)9-8-19(28)26-10-11-29-15-5-3-4-14(12-15)21(23,24)25/h1-7,12-13H,8-11H2,(H,26,28). The van der Waals surface area contributed by atoms with Crippen LogP contribution in [0.25, 0.3) is 11.3 Å². The SMILES string of the molecule is O=C(CCc1ncc(-c2ccccc2Cl)o1)NCCOc1cccc(C(F)(F)F)c1. The lowest BCUT2D eigenvalue weighted by Gasteiger charge is -2.10.